The van der Waals surface area contributed by atoms with Crippen LogP contribution in [0.2, 0.25) is 5.02 Å². The van der Waals surface area contributed by atoms with E-state index in [2.05, 4.69) is 9.97 Å². The molecule has 5 nitrogen and oxygen atoms in total. The maximum atomic E-state index is 10.0. The van der Waals surface area contributed by atoms with Crippen LogP contribution >= 0.6 is 11.6 Å². The van der Waals surface area contributed by atoms with Gasteiger partial charge < -0.3 is 14.6 Å². The zero-order valence-electron chi connectivity index (χ0n) is 11.1. The van der Waals surface area contributed by atoms with Crippen LogP contribution in [0.3, 0.4) is 0 Å². The average Bonchev–Trinajstić information content (AvgIpc) is 2.50. The molecule has 0 saturated carbocycles. The number of phenolic OH excluding ortho intramolecular Hbond substituents is 1. The molecule has 1 heterocycles. The Hall–Kier alpha value is -2.53. The van der Waals surface area contributed by atoms with E-state index in [1.54, 1.807) is 12.1 Å². The number of methoxy groups -OCH3 is 1. The van der Waals surface area contributed by atoms with E-state index in [1.807, 2.05) is 24.3 Å². The van der Waals surface area contributed by atoms with Gasteiger partial charge in [-0.2, -0.15) is 4.98 Å². The van der Waals surface area contributed by atoms with Crippen molar-refractivity contribution in [3.8, 4) is 23.4 Å². The summed E-state index contributed by atoms with van der Waals surface area (Å²) in [6.07, 6.45) is 1.38. The van der Waals surface area contributed by atoms with Crippen molar-refractivity contribution in [1.29, 1.82) is 0 Å². The second-order valence-corrected chi connectivity index (χ2v) is 4.69. The first kappa shape index (κ1) is 13.5. The van der Waals surface area contributed by atoms with Crippen LogP contribution in [0.25, 0.3) is 10.8 Å². The zero-order valence-corrected chi connectivity index (χ0v) is 11.8. The number of halogens is 1. The largest absolute Gasteiger partial charge is 0.504 e. The first-order valence-electron chi connectivity index (χ1n) is 6.13. The molecule has 0 amide bonds. The van der Waals surface area contributed by atoms with Gasteiger partial charge in [-0.05, 0) is 22.9 Å². The van der Waals surface area contributed by atoms with Gasteiger partial charge in [0, 0.05) is 0 Å². The predicted molar refractivity (Wildman–Crippen MR) is 79.3 cm³/mol. The molecule has 0 saturated heterocycles. The van der Waals surface area contributed by atoms with Gasteiger partial charge in [-0.15, -0.1) is 0 Å². The molecule has 3 aromatic rings. The fourth-order valence-electron chi connectivity index (χ4n) is 1.90. The van der Waals surface area contributed by atoms with Crippen LogP contribution in [0.15, 0.2) is 42.6 Å². The molecule has 21 heavy (non-hydrogen) atoms. The fourth-order valence-corrected chi connectivity index (χ4v) is 2.03. The minimum Gasteiger partial charge on any atom is -0.504 e. The minimum atomic E-state index is 0.00217. The number of benzene rings is 2. The summed E-state index contributed by atoms with van der Waals surface area (Å²) in [6, 6.07) is 11.1. The molecule has 6 heteroatoms. The highest BCUT2D eigenvalue weighted by molar-refractivity contribution is 6.31. The highest BCUT2D eigenvalue weighted by Gasteiger charge is 2.12. The number of aromatic hydroxyl groups is 1. The monoisotopic (exact) mass is 302 g/mol. The van der Waals surface area contributed by atoms with Crippen molar-refractivity contribution in [3.63, 3.8) is 0 Å². The number of rotatable bonds is 3. The van der Waals surface area contributed by atoms with Crippen LogP contribution in [-0.2, 0) is 0 Å². The fraction of sp³-hybridized carbons (Fsp3) is 0.0667. The molecule has 0 atom stereocenters. The van der Waals surface area contributed by atoms with Gasteiger partial charge in [-0.1, -0.05) is 35.9 Å². The molecule has 1 aromatic heterocycles. The van der Waals surface area contributed by atoms with Gasteiger partial charge in [0.1, 0.15) is 5.02 Å². The summed E-state index contributed by atoms with van der Waals surface area (Å²) in [6.45, 7) is 0. The number of hydrogen-bond acceptors (Lipinski definition) is 5. The van der Waals surface area contributed by atoms with E-state index in [9.17, 15) is 5.11 Å². The quantitative estimate of drug-likeness (QED) is 0.797. The molecule has 2 aromatic carbocycles. The van der Waals surface area contributed by atoms with Crippen molar-refractivity contribution >= 4 is 22.4 Å². The lowest BCUT2D eigenvalue weighted by molar-refractivity contribution is 0.360. The molecule has 0 radical (unpaired) electrons. The Balaban J connectivity index is 2.03. The Morgan fingerprint density at radius 1 is 1.14 bits per heavy atom. The summed E-state index contributed by atoms with van der Waals surface area (Å²) in [4.78, 5) is 7.87. The number of aromatic nitrogens is 2. The highest BCUT2D eigenvalue weighted by atomic mass is 35.5. The van der Waals surface area contributed by atoms with E-state index >= 15 is 0 Å². The van der Waals surface area contributed by atoms with Crippen molar-refractivity contribution in [2.45, 2.75) is 0 Å². The van der Waals surface area contributed by atoms with Crippen molar-refractivity contribution in [2.75, 3.05) is 7.11 Å². The Labute approximate surface area is 125 Å². The van der Waals surface area contributed by atoms with Gasteiger partial charge in [0.05, 0.1) is 13.3 Å². The van der Waals surface area contributed by atoms with Crippen molar-refractivity contribution < 1.29 is 14.6 Å². The first-order valence-corrected chi connectivity index (χ1v) is 6.51. The molecule has 0 aliphatic rings. The average molecular weight is 303 g/mol. The Morgan fingerprint density at radius 2 is 1.86 bits per heavy atom. The smallest absolute Gasteiger partial charge is 0.319 e. The van der Waals surface area contributed by atoms with E-state index in [4.69, 9.17) is 21.1 Å². The van der Waals surface area contributed by atoms with Crippen LogP contribution in [0.4, 0.5) is 0 Å². The van der Waals surface area contributed by atoms with Gasteiger partial charge in [0.2, 0.25) is 5.88 Å². The van der Waals surface area contributed by atoms with Gasteiger partial charge in [-0.25, -0.2) is 4.98 Å². The topological polar surface area (TPSA) is 64.5 Å². The van der Waals surface area contributed by atoms with Gasteiger partial charge >= 0.3 is 6.01 Å². The molecule has 0 unspecified atom stereocenters. The minimum absolute atomic E-state index is 0.00217. The summed E-state index contributed by atoms with van der Waals surface area (Å²) in [5, 5.41) is 12.1. The Bertz CT molecular complexity index is 808. The molecule has 106 valence electrons. The number of hydrogen-bond donors (Lipinski definition) is 1. The normalized spacial score (nSPS) is 10.6. The first-order chi connectivity index (χ1) is 10.2. The number of fused-ring (bicyclic) bond motifs is 1. The van der Waals surface area contributed by atoms with E-state index in [-0.39, 0.29) is 28.4 Å². The van der Waals surface area contributed by atoms with Crippen LogP contribution in [0.1, 0.15) is 0 Å². The Kier molecular flexibility index (Phi) is 3.50. The van der Waals surface area contributed by atoms with E-state index in [1.165, 1.54) is 13.3 Å². The molecule has 0 aliphatic carbocycles. The molecule has 0 fully saturated rings. The van der Waals surface area contributed by atoms with E-state index < -0.39 is 0 Å². The molecular weight excluding hydrogens is 292 g/mol. The van der Waals surface area contributed by atoms with E-state index in [0.717, 1.165) is 10.8 Å². The number of phenols is 1. The lowest BCUT2D eigenvalue weighted by atomic mass is 10.1. The van der Waals surface area contributed by atoms with Crippen molar-refractivity contribution in [2.24, 2.45) is 0 Å². The Morgan fingerprint density at radius 3 is 2.57 bits per heavy atom. The standard InChI is InChI=1S/C15H11ClN2O3/c1-20-15-17-8-11(16)14(18-15)21-13-7-10-5-3-2-4-9(10)6-12(13)19/h2-8,19H,1H3. The maximum absolute atomic E-state index is 10.0. The zero-order chi connectivity index (χ0) is 14.8. The third kappa shape index (κ3) is 2.68. The summed E-state index contributed by atoms with van der Waals surface area (Å²) < 4.78 is 10.5. The molecule has 1 N–H and O–H groups in total. The lowest BCUT2D eigenvalue weighted by Crippen LogP contribution is -1.95. The SMILES string of the molecule is COc1ncc(Cl)c(Oc2cc3ccccc3cc2O)n1. The summed E-state index contributed by atoms with van der Waals surface area (Å²) in [7, 11) is 1.44. The van der Waals surface area contributed by atoms with Crippen LogP contribution in [-0.4, -0.2) is 22.2 Å². The molecule has 0 spiro atoms. The summed E-state index contributed by atoms with van der Waals surface area (Å²) >= 11 is 5.99. The second kappa shape index (κ2) is 5.46. The third-order valence-electron chi connectivity index (χ3n) is 2.91. The van der Waals surface area contributed by atoms with Crippen LogP contribution in [0, 0.1) is 0 Å². The summed E-state index contributed by atoms with van der Waals surface area (Å²) in [5.74, 6) is 0.382. The van der Waals surface area contributed by atoms with Gasteiger partial charge in [0.15, 0.2) is 11.5 Å². The molecule has 0 bridgehead atoms. The van der Waals surface area contributed by atoms with Gasteiger partial charge in [-0.3, -0.25) is 0 Å². The second-order valence-electron chi connectivity index (χ2n) is 4.28. The van der Waals surface area contributed by atoms with Crippen molar-refractivity contribution in [1.82, 2.24) is 9.97 Å². The molecular formula is C15H11ClN2O3. The highest BCUT2D eigenvalue weighted by Crippen LogP contribution is 2.36. The van der Waals surface area contributed by atoms with Gasteiger partial charge in [0.25, 0.3) is 0 Å². The molecule has 3 rings (SSSR count). The number of ether oxygens (including phenoxy) is 2. The predicted octanol–water partition coefficient (Wildman–Crippen LogP) is 3.79. The van der Waals surface area contributed by atoms with Crippen molar-refractivity contribution in [3.05, 3.63) is 47.6 Å². The molecule has 0 aliphatic heterocycles. The summed E-state index contributed by atoms with van der Waals surface area (Å²) in [5.41, 5.74) is 0. The lowest BCUT2D eigenvalue weighted by Gasteiger charge is -2.10. The third-order valence-corrected chi connectivity index (χ3v) is 3.17. The van der Waals surface area contributed by atoms with Crippen LogP contribution in [0.5, 0.6) is 23.4 Å². The van der Waals surface area contributed by atoms with E-state index in [0.29, 0.717) is 0 Å². The number of nitrogens with zero attached hydrogens (tertiary/aromatic N) is 2. The van der Waals surface area contributed by atoms with Crippen LogP contribution < -0.4 is 9.47 Å². The maximum Gasteiger partial charge on any atom is 0.319 e.